The van der Waals surface area contributed by atoms with Gasteiger partial charge in [-0.3, -0.25) is 4.79 Å². The number of aromatic nitrogens is 2. The number of amides is 1. The first-order valence-corrected chi connectivity index (χ1v) is 7.91. The zero-order chi connectivity index (χ0) is 18.7. The summed E-state index contributed by atoms with van der Waals surface area (Å²) in [4.78, 5) is 12.2. The molecule has 26 heavy (non-hydrogen) atoms. The van der Waals surface area contributed by atoms with Gasteiger partial charge in [0.1, 0.15) is 17.3 Å². The highest BCUT2D eigenvalue weighted by molar-refractivity contribution is 5.91. The van der Waals surface area contributed by atoms with E-state index in [1.807, 2.05) is 0 Å². The number of carbonyl (C=O) groups is 1. The molecule has 0 atom stereocenters. The molecule has 0 radical (unpaired) electrons. The maximum atomic E-state index is 13.9. The Labute approximate surface area is 149 Å². The van der Waals surface area contributed by atoms with Crippen molar-refractivity contribution in [2.75, 3.05) is 12.4 Å². The van der Waals surface area contributed by atoms with Crippen molar-refractivity contribution in [1.82, 2.24) is 9.78 Å². The quantitative estimate of drug-likeness (QED) is 0.758. The monoisotopic (exact) mass is 357 g/mol. The Bertz CT molecular complexity index is 936. The largest absolute Gasteiger partial charge is 0.497 e. The van der Waals surface area contributed by atoms with Crippen molar-refractivity contribution in [3.05, 3.63) is 71.4 Å². The number of halogens is 2. The molecule has 1 amide bonds. The van der Waals surface area contributed by atoms with Gasteiger partial charge in [0.2, 0.25) is 5.91 Å². The standard InChI is InChI=1S/C19H17F2N3O2/c1-12-9-18(23-24(12)17-8-5-14(20)11-16(17)21)22-19(25)10-13-3-6-15(26-2)7-4-13/h3-9,11H,10H2,1-2H3,(H,22,23,25). The van der Waals surface area contributed by atoms with Crippen molar-refractivity contribution in [2.45, 2.75) is 13.3 Å². The third-order valence-corrected chi connectivity index (χ3v) is 3.82. The summed E-state index contributed by atoms with van der Waals surface area (Å²) in [6.07, 6.45) is 0.167. The van der Waals surface area contributed by atoms with Crippen LogP contribution in [0.25, 0.3) is 5.69 Å². The molecule has 7 heteroatoms. The van der Waals surface area contributed by atoms with E-state index < -0.39 is 11.6 Å². The van der Waals surface area contributed by atoms with Gasteiger partial charge < -0.3 is 10.1 Å². The number of anilines is 1. The fourth-order valence-corrected chi connectivity index (χ4v) is 2.55. The summed E-state index contributed by atoms with van der Waals surface area (Å²) in [6.45, 7) is 1.72. The summed E-state index contributed by atoms with van der Waals surface area (Å²) in [5, 5.41) is 6.86. The van der Waals surface area contributed by atoms with Gasteiger partial charge in [0.05, 0.1) is 13.5 Å². The number of aryl methyl sites for hydroxylation is 1. The molecule has 2 aromatic carbocycles. The highest BCUT2D eigenvalue weighted by atomic mass is 19.1. The van der Waals surface area contributed by atoms with E-state index in [1.54, 1.807) is 44.4 Å². The molecule has 0 bridgehead atoms. The fourth-order valence-electron chi connectivity index (χ4n) is 2.55. The van der Waals surface area contributed by atoms with Gasteiger partial charge in [-0.2, -0.15) is 0 Å². The van der Waals surface area contributed by atoms with Crippen molar-refractivity contribution in [3.63, 3.8) is 0 Å². The smallest absolute Gasteiger partial charge is 0.229 e. The molecular formula is C19H17F2N3O2. The molecular weight excluding hydrogens is 340 g/mol. The molecule has 3 aromatic rings. The fraction of sp³-hybridized carbons (Fsp3) is 0.158. The highest BCUT2D eigenvalue weighted by Gasteiger charge is 2.13. The van der Waals surface area contributed by atoms with Crippen molar-refractivity contribution in [1.29, 1.82) is 0 Å². The summed E-state index contributed by atoms with van der Waals surface area (Å²) in [5.74, 6) is -0.634. The van der Waals surface area contributed by atoms with Crippen LogP contribution in [0, 0.1) is 18.6 Å². The maximum Gasteiger partial charge on any atom is 0.229 e. The SMILES string of the molecule is COc1ccc(CC(=O)Nc2cc(C)n(-c3ccc(F)cc3F)n2)cc1. The summed E-state index contributed by atoms with van der Waals surface area (Å²) >= 11 is 0. The van der Waals surface area contributed by atoms with Gasteiger partial charge in [0.15, 0.2) is 11.6 Å². The molecule has 0 spiro atoms. The number of carbonyl (C=O) groups excluding carboxylic acids is 1. The van der Waals surface area contributed by atoms with Crippen LogP contribution in [0.15, 0.2) is 48.5 Å². The Hall–Kier alpha value is -3.22. The topological polar surface area (TPSA) is 56.1 Å². The van der Waals surface area contributed by atoms with Crippen molar-refractivity contribution < 1.29 is 18.3 Å². The Morgan fingerprint density at radius 3 is 2.54 bits per heavy atom. The minimum atomic E-state index is -0.729. The number of hydrogen-bond acceptors (Lipinski definition) is 3. The van der Waals surface area contributed by atoms with Crippen LogP contribution in [-0.2, 0) is 11.2 Å². The predicted octanol–water partition coefficient (Wildman–Crippen LogP) is 3.65. The molecule has 0 aliphatic rings. The van der Waals surface area contributed by atoms with Gasteiger partial charge in [-0.1, -0.05) is 12.1 Å². The van der Waals surface area contributed by atoms with Crippen LogP contribution in [0.3, 0.4) is 0 Å². The average molecular weight is 357 g/mol. The number of hydrogen-bond donors (Lipinski definition) is 1. The van der Waals surface area contributed by atoms with Gasteiger partial charge in [-0.25, -0.2) is 13.5 Å². The van der Waals surface area contributed by atoms with Crippen LogP contribution < -0.4 is 10.1 Å². The van der Waals surface area contributed by atoms with Crippen molar-refractivity contribution in [2.24, 2.45) is 0 Å². The van der Waals surface area contributed by atoms with E-state index >= 15 is 0 Å². The Morgan fingerprint density at radius 2 is 1.88 bits per heavy atom. The molecule has 0 unspecified atom stereocenters. The van der Waals surface area contributed by atoms with Gasteiger partial charge in [-0.15, -0.1) is 5.10 Å². The van der Waals surface area contributed by atoms with E-state index in [0.29, 0.717) is 17.3 Å². The molecule has 3 rings (SSSR count). The van der Waals surface area contributed by atoms with Crippen molar-refractivity contribution in [3.8, 4) is 11.4 Å². The van der Waals surface area contributed by atoms with Crippen molar-refractivity contribution >= 4 is 11.7 Å². The zero-order valence-electron chi connectivity index (χ0n) is 14.3. The van der Waals surface area contributed by atoms with E-state index in [2.05, 4.69) is 10.4 Å². The molecule has 0 aliphatic heterocycles. The molecule has 134 valence electrons. The molecule has 0 fully saturated rings. The third-order valence-electron chi connectivity index (χ3n) is 3.82. The van der Waals surface area contributed by atoms with Crippen LogP contribution in [0.1, 0.15) is 11.3 Å². The zero-order valence-corrected chi connectivity index (χ0v) is 14.3. The van der Waals surface area contributed by atoms with Gasteiger partial charge in [0, 0.05) is 17.8 Å². The number of rotatable bonds is 5. The second kappa shape index (κ2) is 7.35. The van der Waals surface area contributed by atoms with E-state index in [4.69, 9.17) is 4.74 Å². The second-order valence-electron chi connectivity index (χ2n) is 5.75. The molecule has 1 aromatic heterocycles. The maximum absolute atomic E-state index is 13.9. The first kappa shape index (κ1) is 17.6. The van der Waals surface area contributed by atoms with Gasteiger partial charge in [0.25, 0.3) is 0 Å². The molecule has 1 N–H and O–H groups in total. The van der Waals surface area contributed by atoms with Crippen LogP contribution in [0.2, 0.25) is 0 Å². The lowest BCUT2D eigenvalue weighted by Gasteiger charge is -2.06. The second-order valence-corrected chi connectivity index (χ2v) is 5.75. The lowest BCUT2D eigenvalue weighted by molar-refractivity contribution is -0.115. The summed E-state index contributed by atoms with van der Waals surface area (Å²) < 4.78 is 33.4. The van der Waals surface area contributed by atoms with E-state index in [9.17, 15) is 13.6 Å². The molecule has 0 saturated heterocycles. The predicted molar refractivity (Wildman–Crippen MR) is 93.5 cm³/mol. The van der Waals surface area contributed by atoms with E-state index in [0.717, 1.165) is 17.7 Å². The van der Waals surface area contributed by atoms with Crippen LogP contribution in [-0.4, -0.2) is 22.8 Å². The lowest BCUT2D eigenvalue weighted by atomic mass is 10.1. The normalized spacial score (nSPS) is 10.6. The number of methoxy groups -OCH3 is 1. The Morgan fingerprint density at radius 1 is 1.15 bits per heavy atom. The van der Waals surface area contributed by atoms with Gasteiger partial charge >= 0.3 is 0 Å². The number of nitrogens with one attached hydrogen (secondary N) is 1. The first-order chi connectivity index (χ1) is 12.5. The highest BCUT2D eigenvalue weighted by Crippen LogP contribution is 2.19. The van der Waals surface area contributed by atoms with Crippen LogP contribution >= 0.6 is 0 Å². The molecule has 1 heterocycles. The van der Waals surface area contributed by atoms with Gasteiger partial charge in [-0.05, 0) is 36.8 Å². The third kappa shape index (κ3) is 3.88. The summed E-state index contributed by atoms with van der Waals surface area (Å²) in [5.41, 5.74) is 1.54. The van der Waals surface area contributed by atoms with E-state index in [1.165, 1.54) is 10.7 Å². The first-order valence-electron chi connectivity index (χ1n) is 7.91. The Kier molecular flexibility index (Phi) is 4.97. The van der Waals surface area contributed by atoms with Crippen LogP contribution in [0.5, 0.6) is 5.75 Å². The van der Waals surface area contributed by atoms with Crippen LogP contribution in [0.4, 0.5) is 14.6 Å². The minimum absolute atomic E-state index is 0.111. The Balaban J connectivity index is 1.73. The molecule has 5 nitrogen and oxygen atoms in total. The minimum Gasteiger partial charge on any atom is -0.497 e. The molecule has 0 saturated carbocycles. The van der Waals surface area contributed by atoms with E-state index in [-0.39, 0.29) is 18.0 Å². The average Bonchev–Trinajstić information content (AvgIpc) is 2.95. The summed E-state index contributed by atoms with van der Waals surface area (Å²) in [6, 6.07) is 12.0. The summed E-state index contributed by atoms with van der Waals surface area (Å²) in [7, 11) is 1.57. The number of nitrogens with zero attached hydrogens (tertiary/aromatic N) is 2. The molecule has 0 aliphatic carbocycles. The number of ether oxygens (including phenoxy) is 1. The lowest BCUT2D eigenvalue weighted by Crippen LogP contribution is -2.15. The number of benzene rings is 2.